The molecule has 0 aromatic heterocycles. The molecule has 0 aromatic carbocycles. The Kier molecular flexibility index (Phi) is 6.09. The van der Waals surface area contributed by atoms with E-state index in [4.69, 9.17) is 0 Å². The summed E-state index contributed by atoms with van der Waals surface area (Å²) in [6.45, 7) is 8.48. The van der Waals surface area contributed by atoms with E-state index >= 15 is 0 Å². The van der Waals surface area contributed by atoms with Gasteiger partial charge in [0.1, 0.15) is 0 Å². The smallest absolute Gasteiger partial charge is 0.0747 e. The molecule has 12 heavy (non-hydrogen) atoms. The van der Waals surface area contributed by atoms with Crippen LogP contribution in [0.1, 0.15) is 47.0 Å². The van der Waals surface area contributed by atoms with Gasteiger partial charge in [-0.3, -0.25) is 0 Å². The van der Waals surface area contributed by atoms with E-state index in [0.717, 1.165) is 24.8 Å². The van der Waals surface area contributed by atoms with Gasteiger partial charge < -0.3 is 5.11 Å². The Balaban J connectivity index is 3.71. The lowest BCUT2D eigenvalue weighted by Crippen LogP contribution is -2.09. The van der Waals surface area contributed by atoms with Gasteiger partial charge in [-0.1, -0.05) is 26.8 Å². The minimum atomic E-state index is -0.215. The zero-order valence-electron chi connectivity index (χ0n) is 8.80. The molecule has 0 heterocycles. The molecule has 0 aliphatic carbocycles. The second kappa shape index (κ2) is 6.24. The topological polar surface area (TPSA) is 20.2 Å². The molecular formula is C11H22O. The largest absolute Gasteiger partial charge is 0.389 e. The van der Waals surface area contributed by atoms with E-state index in [1.807, 2.05) is 6.92 Å². The summed E-state index contributed by atoms with van der Waals surface area (Å²) in [4.78, 5) is 0. The minimum Gasteiger partial charge on any atom is -0.389 e. The number of hydrogen-bond acceptors (Lipinski definition) is 1. The van der Waals surface area contributed by atoms with Crippen LogP contribution in [0.2, 0.25) is 0 Å². The normalized spacial score (nSPS) is 15.3. The summed E-state index contributed by atoms with van der Waals surface area (Å²) in [5, 5.41) is 9.63. The first kappa shape index (κ1) is 11.7. The van der Waals surface area contributed by atoms with E-state index in [-0.39, 0.29) is 6.10 Å². The van der Waals surface area contributed by atoms with Crippen LogP contribution in [0.3, 0.4) is 0 Å². The second-order valence-corrected chi connectivity index (χ2v) is 3.84. The van der Waals surface area contributed by atoms with E-state index in [1.165, 1.54) is 0 Å². The lowest BCUT2D eigenvalue weighted by atomic mass is 10.0. The summed E-state index contributed by atoms with van der Waals surface area (Å²) in [6.07, 6.45) is 4.92. The number of aliphatic hydroxyl groups excluding tert-OH is 1. The monoisotopic (exact) mass is 170 g/mol. The van der Waals surface area contributed by atoms with E-state index in [2.05, 4.69) is 26.8 Å². The van der Waals surface area contributed by atoms with Crippen molar-refractivity contribution in [2.75, 3.05) is 0 Å². The van der Waals surface area contributed by atoms with Crippen molar-refractivity contribution >= 4 is 0 Å². The van der Waals surface area contributed by atoms with Crippen molar-refractivity contribution in [1.82, 2.24) is 0 Å². The maximum atomic E-state index is 9.63. The summed E-state index contributed by atoms with van der Waals surface area (Å²) in [7, 11) is 0. The highest BCUT2D eigenvalue weighted by molar-refractivity contribution is 5.03. The zero-order valence-corrected chi connectivity index (χ0v) is 8.80. The molecule has 1 heteroatoms. The van der Waals surface area contributed by atoms with Crippen LogP contribution in [0.4, 0.5) is 0 Å². The van der Waals surface area contributed by atoms with Crippen LogP contribution >= 0.6 is 0 Å². The Bertz CT molecular complexity index is 136. The predicted octanol–water partition coefficient (Wildman–Crippen LogP) is 3.14. The molecule has 0 aromatic rings. The van der Waals surface area contributed by atoms with E-state index in [9.17, 15) is 5.11 Å². The maximum absolute atomic E-state index is 9.63. The van der Waals surface area contributed by atoms with Gasteiger partial charge in [-0.15, -0.1) is 0 Å². The third-order valence-corrected chi connectivity index (χ3v) is 2.07. The van der Waals surface area contributed by atoms with Crippen LogP contribution in [-0.4, -0.2) is 11.2 Å². The second-order valence-electron chi connectivity index (χ2n) is 3.84. The van der Waals surface area contributed by atoms with E-state index in [0.29, 0.717) is 5.92 Å². The zero-order chi connectivity index (χ0) is 9.56. The standard InChI is InChI=1S/C11H22O/c1-5-6-10(4)11(12)8-7-9(2)3/h6,9,11-12H,5,7-8H2,1-4H3. The van der Waals surface area contributed by atoms with Gasteiger partial charge in [0.15, 0.2) is 0 Å². The third-order valence-electron chi connectivity index (χ3n) is 2.07. The quantitative estimate of drug-likeness (QED) is 0.628. The number of aliphatic hydroxyl groups is 1. The van der Waals surface area contributed by atoms with Crippen molar-refractivity contribution in [3.05, 3.63) is 11.6 Å². The molecule has 0 radical (unpaired) electrons. The van der Waals surface area contributed by atoms with Gasteiger partial charge in [-0.2, -0.15) is 0 Å². The van der Waals surface area contributed by atoms with E-state index in [1.54, 1.807) is 0 Å². The van der Waals surface area contributed by atoms with Gasteiger partial charge >= 0.3 is 0 Å². The Morgan fingerprint density at radius 1 is 1.33 bits per heavy atom. The Morgan fingerprint density at radius 3 is 2.33 bits per heavy atom. The van der Waals surface area contributed by atoms with Crippen molar-refractivity contribution in [2.45, 2.75) is 53.1 Å². The number of rotatable bonds is 5. The molecule has 0 aliphatic rings. The van der Waals surface area contributed by atoms with Gasteiger partial charge in [0, 0.05) is 0 Å². The van der Waals surface area contributed by atoms with Crippen molar-refractivity contribution in [1.29, 1.82) is 0 Å². The van der Waals surface area contributed by atoms with Crippen molar-refractivity contribution in [3.63, 3.8) is 0 Å². The van der Waals surface area contributed by atoms with Crippen molar-refractivity contribution in [3.8, 4) is 0 Å². The van der Waals surface area contributed by atoms with Crippen LogP contribution in [0.15, 0.2) is 11.6 Å². The maximum Gasteiger partial charge on any atom is 0.0747 e. The van der Waals surface area contributed by atoms with Crippen LogP contribution in [0.5, 0.6) is 0 Å². The van der Waals surface area contributed by atoms with E-state index < -0.39 is 0 Å². The van der Waals surface area contributed by atoms with Crippen LogP contribution in [-0.2, 0) is 0 Å². The molecule has 72 valence electrons. The lowest BCUT2D eigenvalue weighted by molar-refractivity contribution is 0.191. The summed E-state index contributed by atoms with van der Waals surface area (Å²) in [6, 6.07) is 0. The van der Waals surface area contributed by atoms with Crippen LogP contribution < -0.4 is 0 Å². The average molecular weight is 170 g/mol. The van der Waals surface area contributed by atoms with Crippen molar-refractivity contribution < 1.29 is 5.11 Å². The van der Waals surface area contributed by atoms with Gasteiger partial charge in [0.25, 0.3) is 0 Å². The fraction of sp³-hybridized carbons (Fsp3) is 0.818. The summed E-state index contributed by atoms with van der Waals surface area (Å²) in [5.41, 5.74) is 1.12. The number of hydrogen-bond donors (Lipinski definition) is 1. The SMILES string of the molecule is CCC=C(C)C(O)CCC(C)C. The van der Waals surface area contributed by atoms with Crippen LogP contribution in [0, 0.1) is 5.92 Å². The molecular weight excluding hydrogens is 148 g/mol. The fourth-order valence-corrected chi connectivity index (χ4v) is 1.18. The molecule has 0 fully saturated rings. The average Bonchev–Trinajstić information content (AvgIpc) is 2.00. The highest BCUT2D eigenvalue weighted by Gasteiger charge is 2.06. The molecule has 0 aliphatic heterocycles. The minimum absolute atomic E-state index is 0.215. The molecule has 0 saturated carbocycles. The molecule has 1 atom stereocenters. The first-order valence-electron chi connectivity index (χ1n) is 4.92. The molecule has 1 nitrogen and oxygen atoms in total. The predicted molar refractivity (Wildman–Crippen MR) is 54.1 cm³/mol. The third kappa shape index (κ3) is 5.36. The summed E-state index contributed by atoms with van der Waals surface area (Å²) < 4.78 is 0. The highest BCUT2D eigenvalue weighted by Crippen LogP contribution is 2.12. The molecule has 0 saturated heterocycles. The molecule has 0 bridgehead atoms. The Hall–Kier alpha value is -0.300. The van der Waals surface area contributed by atoms with Gasteiger partial charge in [0.2, 0.25) is 0 Å². The number of allylic oxidation sites excluding steroid dienone is 1. The highest BCUT2D eigenvalue weighted by atomic mass is 16.3. The Labute approximate surface area is 76.5 Å². The van der Waals surface area contributed by atoms with Crippen molar-refractivity contribution in [2.24, 2.45) is 5.92 Å². The molecule has 0 spiro atoms. The molecule has 1 unspecified atom stereocenters. The first-order chi connectivity index (χ1) is 5.57. The molecule has 1 N–H and O–H groups in total. The summed E-state index contributed by atoms with van der Waals surface area (Å²) >= 11 is 0. The van der Waals surface area contributed by atoms with Gasteiger partial charge in [-0.25, -0.2) is 0 Å². The van der Waals surface area contributed by atoms with Gasteiger partial charge in [-0.05, 0) is 37.7 Å². The lowest BCUT2D eigenvalue weighted by Gasteiger charge is -2.12. The summed E-state index contributed by atoms with van der Waals surface area (Å²) in [5.74, 6) is 0.689. The molecule has 0 rings (SSSR count). The first-order valence-corrected chi connectivity index (χ1v) is 4.92. The fourth-order valence-electron chi connectivity index (χ4n) is 1.18. The van der Waals surface area contributed by atoms with Crippen LogP contribution in [0.25, 0.3) is 0 Å². The Morgan fingerprint density at radius 2 is 1.92 bits per heavy atom. The molecule has 0 amide bonds. The van der Waals surface area contributed by atoms with Gasteiger partial charge in [0.05, 0.1) is 6.10 Å².